The quantitative estimate of drug-likeness (QED) is 0.364. The van der Waals surface area contributed by atoms with Gasteiger partial charge in [0.05, 0.1) is 6.54 Å². The smallest absolute Gasteiger partial charge is 0.329 e. The van der Waals surface area contributed by atoms with Gasteiger partial charge in [0.2, 0.25) is 5.95 Å². The van der Waals surface area contributed by atoms with Crippen LogP contribution in [-0.2, 0) is 13.6 Å². The van der Waals surface area contributed by atoms with Gasteiger partial charge in [0, 0.05) is 25.2 Å². The lowest BCUT2D eigenvalue weighted by Crippen LogP contribution is -2.31. The molecule has 3 aromatic rings. The number of hydrogen-bond donors (Lipinski definition) is 4. The number of hydrogen-bond acceptors (Lipinski definition) is 7. The van der Waals surface area contributed by atoms with Gasteiger partial charge < -0.3 is 24.8 Å². The number of nitrogens with zero attached hydrogens (tertiary/aromatic N) is 3. The summed E-state index contributed by atoms with van der Waals surface area (Å²) in [5.41, 5.74) is -0.836. The van der Waals surface area contributed by atoms with Gasteiger partial charge in [-0.3, -0.25) is 14.3 Å². The molecule has 29 heavy (non-hydrogen) atoms. The molecule has 2 heterocycles. The summed E-state index contributed by atoms with van der Waals surface area (Å²) in [6.45, 7) is 0.376. The molecule has 0 aliphatic carbocycles. The number of benzene rings is 1. The Bertz CT molecular complexity index is 1090. The van der Waals surface area contributed by atoms with Crippen molar-refractivity contribution >= 4 is 28.7 Å². The molecular weight excluding hydrogens is 402 g/mol. The van der Waals surface area contributed by atoms with E-state index in [1.54, 1.807) is 24.3 Å². The van der Waals surface area contributed by atoms with Gasteiger partial charge in [-0.25, -0.2) is 4.79 Å². The lowest BCUT2D eigenvalue weighted by molar-refractivity contribution is 0.0938. The molecule has 156 valence electrons. The van der Waals surface area contributed by atoms with Crippen LogP contribution in [0.5, 0.6) is 5.75 Å². The Hall–Kier alpha value is -2.82. The number of fused-ring (bicyclic) bond motifs is 1. The van der Waals surface area contributed by atoms with Gasteiger partial charge in [-0.15, -0.1) is 0 Å². The highest BCUT2D eigenvalue weighted by molar-refractivity contribution is 6.30. The van der Waals surface area contributed by atoms with Crippen LogP contribution in [0.15, 0.2) is 33.9 Å². The van der Waals surface area contributed by atoms with E-state index in [0.717, 1.165) is 0 Å². The number of aromatic amines is 1. The fourth-order valence-corrected chi connectivity index (χ4v) is 2.94. The third-order valence-electron chi connectivity index (χ3n) is 4.27. The second-order valence-electron chi connectivity index (χ2n) is 6.46. The molecule has 0 bridgehead atoms. The van der Waals surface area contributed by atoms with E-state index >= 15 is 0 Å². The number of H-pyrrole nitrogens is 1. The topological polar surface area (TPSA) is 134 Å². The van der Waals surface area contributed by atoms with Crippen LogP contribution in [0, 0.1) is 0 Å². The number of aliphatic hydroxyl groups excluding tert-OH is 2. The highest BCUT2D eigenvalue weighted by atomic mass is 35.5. The molecule has 0 radical (unpaired) electrons. The predicted octanol–water partition coefficient (Wildman–Crippen LogP) is 0.311. The van der Waals surface area contributed by atoms with E-state index in [1.165, 1.54) is 16.2 Å². The first-order valence-electron chi connectivity index (χ1n) is 9.01. The third-order valence-corrected chi connectivity index (χ3v) is 4.53. The molecule has 0 amide bonds. The fraction of sp³-hybridized carbons (Fsp3) is 0.389. The highest BCUT2D eigenvalue weighted by Gasteiger charge is 2.19. The maximum atomic E-state index is 12.4. The summed E-state index contributed by atoms with van der Waals surface area (Å²) in [6.07, 6.45) is -0.487. The second kappa shape index (κ2) is 9.12. The molecule has 0 aliphatic heterocycles. The van der Waals surface area contributed by atoms with Crippen LogP contribution in [0.3, 0.4) is 0 Å². The summed E-state index contributed by atoms with van der Waals surface area (Å²) >= 11 is 5.84. The molecule has 10 nitrogen and oxygen atoms in total. The summed E-state index contributed by atoms with van der Waals surface area (Å²) in [6, 6.07) is 6.72. The Morgan fingerprint density at radius 2 is 2.03 bits per heavy atom. The van der Waals surface area contributed by atoms with Gasteiger partial charge in [-0.05, 0) is 30.7 Å². The van der Waals surface area contributed by atoms with Gasteiger partial charge in [0.1, 0.15) is 18.5 Å². The number of halogens is 1. The zero-order valence-electron chi connectivity index (χ0n) is 15.8. The van der Waals surface area contributed by atoms with Gasteiger partial charge in [-0.2, -0.15) is 4.98 Å². The second-order valence-corrected chi connectivity index (χ2v) is 6.90. The predicted molar refractivity (Wildman–Crippen MR) is 109 cm³/mol. The van der Waals surface area contributed by atoms with Crippen molar-refractivity contribution in [2.24, 2.45) is 7.05 Å². The van der Waals surface area contributed by atoms with Crippen LogP contribution in [0.25, 0.3) is 11.2 Å². The van der Waals surface area contributed by atoms with Gasteiger partial charge in [0.25, 0.3) is 5.56 Å². The van der Waals surface area contributed by atoms with E-state index in [1.807, 2.05) is 0 Å². The first-order chi connectivity index (χ1) is 13.9. The first kappa shape index (κ1) is 20.9. The summed E-state index contributed by atoms with van der Waals surface area (Å²) in [4.78, 5) is 30.8. The monoisotopic (exact) mass is 423 g/mol. The minimum atomic E-state index is -0.960. The van der Waals surface area contributed by atoms with Crippen LogP contribution in [0.2, 0.25) is 5.02 Å². The van der Waals surface area contributed by atoms with E-state index < -0.39 is 17.4 Å². The van der Waals surface area contributed by atoms with E-state index in [-0.39, 0.29) is 30.9 Å². The van der Waals surface area contributed by atoms with E-state index in [0.29, 0.717) is 29.7 Å². The van der Waals surface area contributed by atoms with Crippen LogP contribution in [0.4, 0.5) is 5.95 Å². The first-order valence-corrected chi connectivity index (χ1v) is 9.39. The van der Waals surface area contributed by atoms with E-state index in [2.05, 4.69) is 15.3 Å². The number of imidazole rings is 1. The zero-order valence-corrected chi connectivity index (χ0v) is 16.5. The Labute approximate surface area is 170 Å². The van der Waals surface area contributed by atoms with Crippen LogP contribution < -0.4 is 21.3 Å². The molecule has 1 atom stereocenters. The number of anilines is 1. The normalized spacial score (nSPS) is 12.3. The molecule has 4 N–H and O–H groups in total. The molecule has 0 saturated carbocycles. The lowest BCUT2D eigenvalue weighted by Gasteiger charge is -2.16. The SMILES string of the molecule is Cn1c(=O)[nH]c(=O)c2c1nc(NCCCO)n2C[C@@H](O)COc1ccc(Cl)cc1. The van der Waals surface area contributed by atoms with Crippen molar-refractivity contribution in [1.29, 1.82) is 0 Å². The number of aryl methyl sites for hydroxylation is 1. The molecular formula is C18H22ClN5O5. The maximum absolute atomic E-state index is 12.4. The lowest BCUT2D eigenvalue weighted by atomic mass is 10.3. The van der Waals surface area contributed by atoms with E-state index in [9.17, 15) is 14.7 Å². The number of aliphatic hydroxyl groups is 2. The summed E-state index contributed by atoms with van der Waals surface area (Å²) < 4.78 is 8.28. The maximum Gasteiger partial charge on any atom is 0.329 e. The van der Waals surface area contributed by atoms with Crippen molar-refractivity contribution in [3.63, 3.8) is 0 Å². The summed E-state index contributed by atoms with van der Waals surface area (Å²) in [5, 5.41) is 23.0. The zero-order chi connectivity index (χ0) is 21.0. The van der Waals surface area contributed by atoms with Gasteiger partial charge in [-0.1, -0.05) is 11.6 Å². The summed E-state index contributed by atoms with van der Waals surface area (Å²) in [5.74, 6) is 0.858. The van der Waals surface area contributed by atoms with Crippen molar-refractivity contribution in [2.75, 3.05) is 25.1 Å². The highest BCUT2D eigenvalue weighted by Crippen LogP contribution is 2.18. The molecule has 0 unspecified atom stereocenters. The third kappa shape index (κ3) is 4.78. The van der Waals surface area contributed by atoms with Crippen molar-refractivity contribution in [1.82, 2.24) is 19.1 Å². The van der Waals surface area contributed by atoms with Crippen LogP contribution >= 0.6 is 11.6 Å². The number of rotatable bonds is 9. The largest absolute Gasteiger partial charge is 0.491 e. The average molecular weight is 424 g/mol. The van der Waals surface area contributed by atoms with Crippen molar-refractivity contribution in [3.8, 4) is 5.75 Å². The van der Waals surface area contributed by atoms with E-state index in [4.69, 9.17) is 21.4 Å². The molecule has 3 rings (SSSR count). The molecule has 1 aromatic carbocycles. The fourth-order valence-electron chi connectivity index (χ4n) is 2.81. The van der Waals surface area contributed by atoms with Crippen molar-refractivity contribution in [3.05, 3.63) is 50.1 Å². The molecule has 0 aliphatic rings. The van der Waals surface area contributed by atoms with Gasteiger partial charge in [0.15, 0.2) is 11.2 Å². The number of nitrogens with one attached hydrogen (secondary N) is 2. The Kier molecular flexibility index (Phi) is 6.57. The Balaban J connectivity index is 1.86. The summed E-state index contributed by atoms with van der Waals surface area (Å²) in [7, 11) is 1.50. The van der Waals surface area contributed by atoms with Crippen molar-refractivity contribution in [2.45, 2.75) is 19.1 Å². The Morgan fingerprint density at radius 3 is 2.72 bits per heavy atom. The molecule has 0 fully saturated rings. The number of aromatic nitrogens is 4. The average Bonchev–Trinajstić information content (AvgIpc) is 3.05. The van der Waals surface area contributed by atoms with Crippen LogP contribution in [0.1, 0.15) is 6.42 Å². The minimum Gasteiger partial charge on any atom is -0.491 e. The molecule has 11 heteroatoms. The Morgan fingerprint density at radius 1 is 1.31 bits per heavy atom. The standard InChI is InChI=1S/C18H22ClN5O5/c1-23-15-14(16(27)22-18(23)28)24(17(21-15)20-7-2-8-25)9-12(26)10-29-13-5-3-11(19)4-6-13/h3-6,12,25-26H,2,7-10H2,1H3,(H,20,21)(H,22,27,28)/t12-/m1/s1. The number of ether oxygens (including phenoxy) is 1. The molecule has 0 spiro atoms. The molecule has 2 aromatic heterocycles. The molecule has 0 saturated heterocycles. The van der Waals surface area contributed by atoms with Crippen molar-refractivity contribution < 1.29 is 14.9 Å². The van der Waals surface area contributed by atoms with Crippen LogP contribution in [-0.4, -0.2) is 55.2 Å². The minimum absolute atomic E-state index is 0.00678. The van der Waals surface area contributed by atoms with Gasteiger partial charge >= 0.3 is 5.69 Å².